The number of hydrogen-bond acceptors (Lipinski definition) is 1. The third-order valence-electron chi connectivity index (χ3n) is 3.47. The van der Waals surface area contributed by atoms with Gasteiger partial charge in [0, 0.05) is 17.1 Å². The van der Waals surface area contributed by atoms with Gasteiger partial charge in [-0.05, 0) is 37.1 Å². The summed E-state index contributed by atoms with van der Waals surface area (Å²) in [7, 11) is 0. The Morgan fingerprint density at radius 1 is 1.00 bits per heavy atom. The highest BCUT2D eigenvalue weighted by molar-refractivity contribution is 6.04. The number of carbonyl (C=O) groups is 1. The van der Waals surface area contributed by atoms with Crippen LogP contribution in [-0.4, -0.2) is 16.1 Å². The van der Waals surface area contributed by atoms with E-state index in [1.807, 2.05) is 18.2 Å². The molecular formula is C17H15NO2. The Hall–Kier alpha value is -2.55. The molecule has 100 valence electrons. The molecule has 0 bridgehead atoms. The summed E-state index contributed by atoms with van der Waals surface area (Å²) < 4.78 is 0. The van der Waals surface area contributed by atoms with Crippen molar-refractivity contribution in [1.82, 2.24) is 4.98 Å². The van der Waals surface area contributed by atoms with Crippen LogP contribution in [0.15, 0.2) is 42.6 Å². The Morgan fingerprint density at radius 3 is 2.35 bits per heavy atom. The zero-order chi connectivity index (χ0) is 14.3. The second kappa shape index (κ2) is 4.53. The summed E-state index contributed by atoms with van der Waals surface area (Å²) in [5, 5.41) is 9.95. The van der Waals surface area contributed by atoms with E-state index < -0.39 is 5.97 Å². The van der Waals surface area contributed by atoms with Crippen molar-refractivity contribution in [2.24, 2.45) is 0 Å². The summed E-state index contributed by atoms with van der Waals surface area (Å²) in [5.41, 5.74) is 5.70. The second-order valence-corrected chi connectivity index (χ2v) is 5.14. The number of fused-ring (bicyclic) bond motifs is 1. The number of aromatic carboxylic acids is 1. The zero-order valence-electron chi connectivity index (χ0n) is 11.4. The van der Waals surface area contributed by atoms with E-state index in [0.29, 0.717) is 5.56 Å². The van der Waals surface area contributed by atoms with E-state index in [1.165, 1.54) is 17.3 Å². The van der Waals surface area contributed by atoms with Gasteiger partial charge >= 0.3 is 5.97 Å². The number of carboxylic acids is 1. The van der Waals surface area contributed by atoms with Crippen molar-refractivity contribution < 1.29 is 9.90 Å². The Balaban J connectivity index is 2.21. The van der Waals surface area contributed by atoms with Crippen molar-refractivity contribution in [3.63, 3.8) is 0 Å². The molecule has 0 saturated carbocycles. The van der Waals surface area contributed by atoms with Crippen LogP contribution in [0.4, 0.5) is 0 Å². The molecule has 2 N–H and O–H groups in total. The van der Waals surface area contributed by atoms with Gasteiger partial charge in [0.25, 0.3) is 0 Å². The molecule has 2 aromatic carbocycles. The van der Waals surface area contributed by atoms with Crippen LogP contribution < -0.4 is 0 Å². The van der Waals surface area contributed by atoms with Gasteiger partial charge in [-0.25, -0.2) is 4.79 Å². The lowest BCUT2D eigenvalue weighted by Gasteiger charge is -2.06. The molecular weight excluding hydrogens is 250 g/mol. The fourth-order valence-corrected chi connectivity index (χ4v) is 2.62. The Morgan fingerprint density at radius 2 is 1.70 bits per heavy atom. The maximum Gasteiger partial charge on any atom is 0.337 e. The van der Waals surface area contributed by atoms with Crippen LogP contribution in [0.3, 0.4) is 0 Å². The second-order valence-electron chi connectivity index (χ2n) is 5.14. The molecule has 0 radical (unpaired) electrons. The van der Waals surface area contributed by atoms with Crippen LogP contribution in [0.25, 0.3) is 22.0 Å². The minimum absolute atomic E-state index is 0.311. The van der Waals surface area contributed by atoms with Gasteiger partial charge in [-0.1, -0.05) is 35.4 Å². The first-order valence-electron chi connectivity index (χ1n) is 6.48. The fourth-order valence-electron chi connectivity index (χ4n) is 2.62. The number of aryl methyl sites for hydroxylation is 2. The molecule has 3 aromatic rings. The maximum atomic E-state index is 11.2. The van der Waals surface area contributed by atoms with Crippen LogP contribution in [0.5, 0.6) is 0 Å². The van der Waals surface area contributed by atoms with Gasteiger partial charge < -0.3 is 10.1 Å². The van der Waals surface area contributed by atoms with E-state index in [-0.39, 0.29) is 0 Å². The van der Waals surface area contributed by atoms with Crippen LogP contribution in [0, 0.1) is 13.8 Å². The molecule has 0 aliphatic heterocycles. The largest absolute Gasteiger partial charge is 0.478 e. The first-order valence-corrected chi connectivity index (χ1v) is 6.48. The van der Waals surface area contributed by atoms with Crippen molar-refractivity contribution in [2.75, 3.05) is 0 Å². The Kier molecular flexibility index (Phi) is 2.83. The van der Waals surface area contributed by atoms with Crippen LogP contribution in [0.1, 0.15) is 21.5 Å². The average Bonchev–Trinajstić information content (AvgIpc) is 2.80. The average molecular weight is 265 g/mol. The highest BCUT2D eigenvalue weighted by atomic mass is 16.4. The van der Waals surface area contributed by atoms with Gasteiger partial charge in [-0.3, -0.25) is 0 Å². The number of carboxylic acid groups (broad SMARTS) is 1. The normalized spacial score (nSPS) is 10.9. The fraction of sp³-hybridized carbons (Fsp3) is 0.118. The lowest BCUT2D eigenvalue weighted by Crippen LogP contribution is -1.93. The smallest absolute Gasteiger partial charge is 0.337 e. The number of nitrogens with one attached hydrogen (secondary N) is 1. The highest BCUT2D eigenvalue weighted by Crippen LogP contribution is 2.27. The predicted molar refractivity (Wildman–Crippen MR) is 80.2 cm³/mol. The zero-order valence-corrected chi connectivity index (χ0v) is 11.4. The third-order valence-corrected chi connectivity index (χ3v) is 3.47. The number of benzene rings is 2. The summed E-state index contributed by atoms with van der Waals surface area (Å²) in [6.07, 6.45) is 1.54. The maximum absolute atomic E-state index is 11.2. The quantitative estimate of drug-likeness (QED) is 0.731. The minimum Gasteiger partial charge on any atom is -0.478 e. The molecule has 1 heterocycles. The van der Waals surface area contributed by atoms with Gasteiger partial charge in [0.1, 0.15) is 0 Å². The van der Waals surface area contributed by atoms with Crippen molar-refractivity contribution in [2.45, 2.75) is 13.8 Å². The molecule has 0 spiro atoms. The van der Waals surface area contributed by atoms with Crippen LogP contribution in [-0.2, 0) is 0 Å². The molecule has 0 aliphatic rings. The number of H-pyrrole nitrogens is 1. The number of aromatic nitrogens is 1. The van der Waals surface area contributed by atoms with Gasteiger partial charge in [0.15, 0.2) is 0 Å². The first-order chi connectivity index (χ1) is 9.54. The van der Waals surface area contributed by atoms with Crippen LogP contribution >= 0.6 is 0 Å². The van der Waals surface area contributed by atoms with Gasteiger partial charge in [-0.2, -0.15) is 0 Å². The van der Waals surface area contributed by atoms with E-state index in [1.54, 1.807) is 0 Å². The van der Waals surface area contributed by atoms with E-state index >= 15 is 0 Å². The summed E-state index contributed by atoms with van der Waals surface area (Å²) in [6, 6.07) is 12.2. The van der Waals surface area contributed by atoms with Crippen molar-refractivity contribution in [1.29, 1.82) is 0 Å². The van der Waals surface area contributed by atoms with Gasteiger partial charge in [0.2, 0.25) is 0 Å². The van der Waals surface area contributed by atoms with Gasteiger partial charge in [0.05, 0.1) is 5.56 Å². The van der Waals surface area contributed by atoms with Crippen molar-refractivity contribution in [3.8, 4) is 11.1 Å². The number of rotatable bonds is 2. The lowest BCUT2D eigenvalue weighted by atomic mass is 9.99. The molecule has 0 fully saturated rings. The standard InChI is InChI=1S/C17H15NO2/c1-10-5-11(2)7-13(6-10)12-3-4-16-14(8-12)15(9-18-16)17(19)20/h3-9,18H,1-2H3,(H,19,20). The topological polar surface area (TPSA) is 53.1 Å². The van der Waals surface area contributed by atoms with Crippen molar-refractivity contribution >= 4 is 16.9 Å². The van der Waals surface area contributed by atoms with E-state index in [4.69, 9.17) is 0 Å². The molecule has 3 nitrogen and oxygen atoms in total. The van der Waals surface area contributed by atoms with Gasteiger partial charge in [-0.15, -0.1) is 0 Å². The molecule has 20 heavy (non-hydrogen) atoms. The van der Waals surface area contributed by atoms with Crippen LogP contribution in [0.2, 0.25) is 0 Å². The van der Waals surface area contributed by atoms with E-state index in [9.17, 15) is 9.90 Å². The molecule has 0 aliphatic carbocycles. The highest BCUT2D eigenvalue weighted by Gasteiger charge is 2.11. The molecule has 1 aromatic heterocycles. The SMILES string of the molecule is Cc1cc(C)cc(-c2ccc3[nH]cc(C(=O)O)c3c2)c1. The molecule has 0 atom stereocenters. The molecule has 0 amide bonds. The molecule has 3 rings (SSSR count). The summed E-state index contributed by atoms with van der Waals surface area (Å²) >= 11 is 0. The lowest BCUT2D eigenvalue weighted by molar-refractivity contribution is 0.0699. The predicted octanol–water partition coefficient (Wildman–Crippen LogP) is 4.15. The number of hydrogen-bond donors (Lipinski definition) is 2. The summed E-state index contributed by atoms with van der Waals surface area (Å²) in [4.78, 5) is 14.2. The van der Waals surface area contributed by atoms with Crippen molar-refractivity contribution in [3.05, 3.63) is 59.3 Å². The van der Waals surface area contributed by atoms with E-state index in [2.05, 4.69) is 37.0 Å². The summed E-state index contributed by atoms with van der Waals surface area (Å²) in [6.45, 7) is 4.13. The summed E-state index contributed by atoms with van der Waals surface area (Å²) in [5.74, 6) is -0.908. The monoisotopic (exact) mass is 265 g/mol. The minimum atomic E-state index is -0.908. The third kappa shape index (κ3) is 2.07. The Labute approximate surface area is 116 Å². The first kappa shape index (κ1) is 12.5. The molecule has 0 unspecified atom stereocenters. The Bertz CT molecular complexity index is 795. The van der Waals surface area contributed by atoms with E-state index in [0.717, 1.165) is 22.0 Å². The molecule has 0 saturated heterocycles. The number of aromatic amines is 1. The molecule has 3 heteroatoms.